The summed E-state index contributed by atoms with van der Waals surface area (Å²) in [7, 11) is 1.73. The lowest BCUT2D eigenvalue weighted by atomic mass is 9.88. The van der Waals surface area contributed by atoms with E-state index >= 15 is 0 Å². The molecule has 0 bridgehead atoms. The van der Waals surface area contributed by atoms with Crippen LogP contribution in [0.25, 0.3) is 0 Å². The van der Waals surface area contributed by atoms with Crippen LogP contribution in [0.2, 0.25) is 0 Å². The van der Waals surface area contributed by atoms with Crippen LogP contribution in [0.5, 0.6) is 0 Å². The summed E-state index contributed by atoms with van der Waals surface area (Å²) in [5.74, 6) is 0.0859. The maximum atomic E-state index is 12.3. The van der Waals surface area contributed by atoms with E-state index in [2.05, 4.69) is 24.3 Å². The summed E-state index contributed by atoms with van der Waals surface area (Å²) < 4.78 is 0. The molecule has 3 heteroatoms. The normalized spacial score (nSPS) is 10.6. The van der Waals surface area contributed by atoms with E-state index in [1.165, 1.54) is 0 Å². The van der Waals surface area contributed by atoms with E-state index in [9.17, 15) is 4.79 Å². The number of benzene rings is 2. The highest BCUT2D eigenvalue weighted by Crippen LogP contribution is 2.28. The second kappa shape index (κ2) is 7.60. The van der Waals surface area contributed by atoms with E-state index in [-0.39, 0.29) is 18.4 Å². The van der Waals surface area contributed by atoms with Crippen molar-refractivity contribution in [1.82, 2.24) is 4.90 Å². The first-order valence-corrected chi connectivity index (χ1v) is 7.17. The van der Waals surface area contributed by atoms with E-state index < -0.39 is 0 Å². The third kappa shape index (κ3) is 4.17. The second-order valence-electron chi connectivity index (χ2n) is 5.12. The molecule has 0 saturated heterocycles. The summed E-state index contributed by atoms with van der Waals surface area (Å²) in [4.78, 5) is 13.9. The van der Waals surface area contributed by atoms with Crippen LogP contribution in [0.3, 0.4) is 0 Å². The number of carbonyl (C=O) groups is 1. The number of likely N-dealkylation sites (N-methyl/N-ethyl adjacent to an activating group) is 1. The lowest BCUT2D eigenvalue weighted by molar-refractivity contribution is -0.130. The van der Waals surface area contributed by atoms with Crippen LogP contribution in [0.1, 0.15) is 23.5 Å². The average Bonchev–Trinajstić information content (AvgIpc) is 2.54. The molecule has 2 rings (SSSR count). The fraction of sp³-hybridized carbons (Fsp3) is 0.278. The van der Waals surface area contributed by atoms with E-state index in [0.29, 0.717) is 13.0 Å². The van der Waals surface area contributed by atoms with Crippen LogP contribution in [0.15, 0.2) is 60.7 Å². The molecule has 21 heavy (non-hydrogen) atoms. The van der Waals surface area contributed by atoms with E-state index in [4.69, 9.17) is 5.11 Å². The molecule has 1 amide bonds. The minimum Gasteiger partial charge on any atom is -0.395 e. The molecule has 2 aromatic rings. The Morgan fingerprint density at radius 3 is 1.90 bits per heavy atom. The first-order chi connectivity index (χ1) is 10.2. The zero-order valence-corrected chi connectivity index (χ0v) is 12.3. The molecular formula is C18H21NO2. The van der Waals surface area contributed by atoms with E-state index in [1.54, 1.807) is 11.9 Å². The molecule has 0 spiro atoms. The Bertz CT molecular complexity index is 514. The van der Waals surface area contributed by atoms with Crippen molar-refractivity contribution < 1.29 is 9.90 Å². The maximum absolute atomic E-state index is 12.3. The van der Waals surface area contributed by atoms with Crippen LogP contribution >= 0.6 is 0 Å². The molecule has 110 valence electrons. The first kappa shape index (κ1) is 15.3. The van der Waals surface area contributed by atoms with Gasteiger partial charge < -0.3 is 10.0 Å². The van der Waals surface area contributed by atoms with Gasteiger partial charge >= 0.3 is 0 Å². The third-order valence-corrected chi connectivity index (χ3v) is 3.64. The topological polar surface area (TPSA) is 40.5 Å². The van der Waals surface area contributed by atoms with Crippen LogP contribution in [-0.4, -0.2) is 36.1 Å². The van der Waals surface area contributed by atoms with Gasteiger partial charge in [0.1, 0.15) is 0 Å². The molecule has 0 atom stereocenters. The summed E-state index contributed by atoms with van der Waals surface area (Å²) in [5, 5.41) is 8.96. The van der Waals surface area contributed by atoms with Gasteiger partial charge in [-0.3, -0.25) is 4.79 Å². The summed E-state index contributed by atoms with van der Waals surface area (Å²) in [6, 6.07) is 20.1. The lowest BCUT2D eigenvalue weighted by Gasteiger charge is -2.22. The quantitative estimate of drug-likeness (QED) is 0.885. The number of amides is 1. The Morgan fingerprint density at radius 1 is 1.00 bits per heavy atom. The molecule has 0 aliphatic rings. The van der Waals surface area contributed by atoms with E-state index in [1.807, 2.05) is 36.4 Å². The Kier molecular flexibility index (Phi) is 5.52. The molecule has 0 heterocycles. The Morgan fingerprint density at radius 2 is 1.48 bits per heavy atom. The molecule has 0 fully saturated rings. The Labute approximate surface area is 125 Å². The summed E-state index contributed by atoms with van der Waals surface area (Å²) >= 11 is 0. The van der Waals surface area contributed by atoms with Crippen molar-refractivity contribution in [2.45, 2.75) is 12.3 Å². The minimum absolute atomic E-state index is 0.0103. The molecule has 0 unspecified atom stereocenters. The zero-order chi connectivity index (χ0) is 15.1. The molecule has 1 N–H and O–H groups in total. The van der Waals surface area contributed by atoms with Gasteiger partial charge in [0, 0.05) is 25.9 Å². The number of carbonyl (C=O) groups excluding carboxylic acids is 1. The fourth-order valence-corrected chi connectivity index (χ4v) is 2.40. The summed E-state index contributed by atoms with van der Waals surface area (Å²) in [5.41, 5.74) is 2.27. The molecule has 0 aliphatic heterocycles. The van der Waals surface area contributed by atoms with Crippen LogP contribution < -0.4 is 0 Å². The van der Waals surface area contributed by atoms with Crippen molar-refractivity contribution in [3.05, 3.63) is 71.8 Å². The SMILES string of the molecule is CN(CCO)C(=O)CC(c1ccccc1)c1ccccc1. The van der Waals surface area contributed by atoms with Crippen molar-refractivity contribution in [1.29, 1.82) is 0 Å². The second-order valence-corrected chi connectivity index (χ2v) is 5.12. The maximum Gasteiger partial charge on any atom is 0.223 e. The standard InChI is InChI=1S/C18H21NO2/c1-19(12-13-20)18(21)14-17(15-8-4-2-5-9-15)16-10-6-3-7-11-16/h2-11,17,20H,12-14H2,1H3. The van der Waals surface area contributed by atoms with Crippen LogP contribution in [-0.2, 0) is 4.79 Å². The predicted molar refractivity (Wildman–Crippen MR) is 84.1 cm³/mol. The number of rotatable bonds is 6. The van der Waals surface area contributed by atoms with Gasteiger partial charge in [0.05, 0.1) is 6.61 Å². The molecule has 0 radical (unpaired) electrons. The largest absolute Gasteiger partial charge is 0.395 e. The highest BCUT2D eigenvalue weighted by atomic mass is 16.3. The van der Waals surface area contributed by atoms with Gasteiger partial charge in [-0.1, -0.05) is 60.7 Å². The molecule has 0 aliphatic carbocycles. The monoisotopic (exact) mass is 283 g/mol. The summed E-state index contributed by atoms with van der Waals surface area (Å²) in [6.07, 6.45) is 0.407. The number of nitrogens with zero attached hydrogens (tertiary/aromatic N) is 1. The van der Waals surface area contributed by atoms with Gasteiger partial charge in [0.15, 0.2) is 0 Å². The zero-order valence-electron chi connectivity index (χ0n) is 12.3. The van der Waals surface area contributed by atoms with Crippen LogP contribution in [0.4, 0.5) is 0 Å². The molecule has 0 saturated carbocycles. The van der Waals surface area contributed by atoms with Gasteiger partial charge in [0.2, 0.25) is 5.91 Å². The predicted octanol–water partition coefficient (Wildman–Crippen LogP) is 2.66. The van der Waals surface area contributed by atoms with Crippen molar-refractivity contribution in [3.8, 4) is 0 Å². The highest BCUT2D eigenvalue weighted by molar-refractivity contribution is 5.77. The molecular weight excluding hydrogens is 262 g/mol. The van der Waals surface area contributed by atoms with Gasteiger partial charge in [-0.2, -0.15) is 0 Å². The number of hydrogen-bond acceptors (Lipinski definition) is 2. The average molecular weight is 283 g/mol. The van der Waals surface area contributed by atoms with Gasteiger partial charge in [-0.05, 0) is 11.1 Å². The Balaban J connectivity index is 2.23. The van der Waals surface area contributed by atoms with Gasteiger partial charge in [-0.25, -0.2) is 0 Å². The van der Waals surface area contributed by atoms with Crippen molar-refractivity contribution in [3.63, 3.8) is 0 Å². The van der Waals surface area contributed by atoms with Crippen LogP contribution in [0, 0.1) is 0 Å². The van der Waals surface area contributed by atoms with Gasteiger partial charge in [-0.15, -0.1) is 0 Å². The van der Waals surface area contributed by atoms with Crippen molar-refractivity contribution in [2.75, 3.05) is 20.2 Å². The number of aliphatic hydroxyl groups is 1. The lowest BCUT2D eigenvalue weighted by Crippen LogP contribution is -2.30. The molecule has 2 aromatic carbocycles. The third-order valence-electron chi connectivity index (χ3n) is 3.64. The number of hydrogen-bond donors (Lipinski definition) is 1. The smallest absolute Gasteiger partial charge is 0.223 e. The first-order valence-electron chi connectivity index (χ1n) is 7.17. The number of aliphatic hydroxyl groups excluding tert-OH is 1. The fourth-order valence-electron chi connectivity index (χ4n) is 2.40. The Hall–Kier alpha value is -2.13. The van der Waals surface area contributed by atoms with E-state index in [0.717, 1.165) is 11.1 Å². The van der Waals surface area contributed by atoms with Crippen molar-refractivity contribution in [2.24, 2.45) is 0 Å². The van der Waals surface area contributed by atoms with Gasteiger partial charge in [0.25, 0.3) is 0 Å². The highest BCUT2D eigenvalue weighted by Gasteiger charge is 2.19. The minimum atomic E-state index is -0.0103. The molecule has 3 nitrogen and oxygen atoms in total. The molecule has 0 aromatic heterocycles. The summed E-state index contributed by atoms with van der Waals surface area (Å²) in [6.45, 7) is 0.360. The van der Waals surface area contributed by atoms with Crippen molar-refractivity contribution >= 4 is 5.91 Å².